The van der Waals surface area contributed by atoms with Gasteiger partial charge in [-0.3, -0.25) is 0 Å². The lowest BCUT2D eigenvalue weighted by molar-refractivity contribution is -0.136. The molecule has 4 heteroatoms. The van der Waals surface area contributed by atoms with Crippen molar-refractivity contribution in [3.63, 3.8) is 0 Å². The van der Waals surface area contributed by atoms with Crippen molar-refractivity contribution in [1.82, 2.24) is 5.32 Å². The number of halogens is 1. The zero-order chi connectivity index (χ0) is 13.5. The zero-order valence-electron chi connectivity index (χ0n) is 10.9. The molecule has 0 aliphatic rings. The van der Waals surface area contributed by atoms with Crippen molar-refractivity contribution in [2.24, 2.45) is 0 Å². The summed E-state index contributed by atoms with van der Waals surface area (Å²) < 4.78 is 17.3. The molecule has 1 rings (SSSR count). The van der Waals surface area contributed by atoms with Gasteiger partial charge in [0, 0.05) is 18.2 Å². The SMILES string of the molecule is COC(=O)/C(C)=C/CN[C@H](C)c1ccc(F)cc1. The molecule has 0 heterocycles. The molecule has 0 saturated carbocycles. The second-order valence-corrected chi connectivity index (χ2v) is 4.06. The molecular weight excluding hydrogens is 233 g/mol. The molecule has 1 aromatic carbocycles. The molecule has 0 radical (unpaired) electrons. The van der Waals surface area contributed by atoms with Crippen LogP contribution in [0, 0.1) is 5.82 Å². The van der Waals surface area contributed by atoms with Gasteiger partial charge in [0.05, 0.1) is 7.11 Å². The van der Waals surface area contributed by atoms with Gasteiger partial charge in [0.25, 0.3) is 0 Å². The molecule has 0 aliphatic heterocycles. The summed E-state index contributed by atoms with van der Waals surface area (Å²) >= 11 is 0. The number of carbonyl (C=O) groups is 1. The van der Waals surface area contributed by atoms with Crippen molar-refractivity contribution in [2.75, 3.05) is 13.7 Å². The molecule has 0 unspecified atom stereocenters. The lowest BCUT2D eigenvalue weighted by Gasteiger charge is -2.12. The fourth-order valence-electron chi connectivity index (χ4n) is 1.50. The molecule has 0 bridgehead atoms. The van der Waals surface area contributed by atoms with Crippen molar-refractivity contribution in [2.45, 2.75) is 19.9 Å². The zero-order valence-corrected chi connectivity index (χ0v) is 10.9. The van der Waals surface area contributed by atoms with Crippen molar-refractivity contribution in [3.8, 4) is 0 Å². The van der Waals surface area contributed by atoms with E-state index in [2.05, 4.69) is 10.1 Å². The highest BCUT2D eigenvalue weighted by molar-refractivity contribution is 5.87. The number of benzene rings is 1. The third-order valence-electron chi connectivity index (χ3n) is 2.71. The van der Waals surface area contributed by atoms with Gasteiger partial charge in [0.1, 0.15) is 5.82 Å². The lowest BCUT2D eigenvalue weighted by Crippen LogP contribution is -2.19. The van der Waals surface area contributed by atoms with E-state index in [1.54, 1.807) is 25.1 Å². The number of hydrogen-bond donors (Lipinski definition) is 1. The summed E-state index contributed by atoms with van der Waals surface area (Å²) in [5, 5.41) is 3.22. The fourth-order valence-corrected chi connectivity index (χ4v) is 1.50. The first-order chi connectivity index (χ1) is 8.54. The van der Waals surface area contributed by atoms with Crippen LogP contribution in [0.1, 0.15) is 25.5 Å². The van der Waals surface area contributed by atoms with Crippen molar-refractivity contribution < 1.29 is 13.9 Å². The number of hydrogen-bond acceptors (Lipinski definition) is 3. The minimum Gasteiger partial charge on any atom is -0.466 e. The summed E-state index contributed by atoms with van der Waals surface area (Å²) in [7, 11) is 1.36. The van der Waals surface area contributed by atoms with Gasteiger partial charge in [-0.1, -0.05) is 18.2 Å². The van der Waals surface area contributed by atoms with Gasteiger partial charge in [-0.2, -0.15) is 0 Å². The van der Waals surface area contributed by atoms with E-state index in [-0.39, 0.29) is 17.8 Å². The average molecular weight is 251 g/mol. The Bertz CT molecular complexity index is 426. The molecule has 98 valence electrons. The number of nitrogens with one attached hydrogen (secondary N) is 1. The highest BCUT2D eigenvalue weighted by Crippen LogP contribution is 2.12. The summed E-state index contributed by atoms with van der Waals surface area (Å²) in [5.41, 5.74) is 1.57. The van der Waals surface area contributed by atoms with E-state index in [0.717, 1.165) is 5.56 Å². The normalized spacial score (nSPS) is 13.2. The van der Waals surface area contributed by atoms with Crippen molar-refractivity contribution >= 4 is 5.97 Å². The number of esters is 1. The van der Waals surface area contributed by atoms with Crippen LogP contribution in [-0.4, -0.2) is 19.6 Å². The Morgan fingerprint density at radius 1 is 1.44 bits per heavy atom. The summed E-state index contributed by atoms with van der Waals surface area (Å²) in [6, 6.07) is 6.44. The quantitative estimate of drug-likeness (QED) is 0.645. The Morgan fingerprint density at radius 3 is 2.61 bits per heavy atom. The molecule has 1 atom stereocenters. The molecular formula is C14H18FNO2. The van der Waals surface area contributed by atoms with Crippen molar-refractivity contribution in [1.29, 1.82) is 0 Å². The van der Waals surface area contributed by atoms with Crippen LogP contribution in [0.15, 0.2) is 35.9 Å². The van der Waals surface area contributed by atoms with E-state index in [0.29, 0.717) is 12.1 Å². The van der Waals surface area contributed by atoms with Gasteiger partial charge >= 0.3 is 5.97 Å². The van der Waals surface area contributed by atoms with E-state index >= 15 is 0 Å². The highest BCUT2D eigenvalue weighted by Gasteiger charge is 2.05. The molecule has 0 aliphatic carbocycles. The first-order valence-electron chi connectivity index (χ1n) is 5.78. The van der Waals surface area contributed by atoms with E-state index in [1.165, 1.54) is 19.2 Å². The van der Waals surface area contributed by atoms with Gasteiger partial charge < -0.3 is 10.1 Å². The van der Waals surface area contributed by atoms with Crippen molar-refractivity contribution in [3.05, 3.63) is 47.3 Å². The minimum absolute atomic E-state index is 0.0901. The number of carbonyl (C=O) groups excluding carboxylic acids is 1. The van der Waals surface area contributed by atoms with E-state index < -0.39 is 0 Å². The summed E-state index contributed by atoms with van der Waals surface area (Å²) in [6.07, 6.45) is 1.77. The predicted molar refractivity (Wildman–Crippen MR) is 68.6 cm³/mol. The Kier molecular flexibility index (Phi) is 5.52. The molecule has 18 heavy (non-hydrogen) atoms. The molecule has 0 spiro atoms. The predicted octanol–water partition coefficient (Wildman–Crippen LogP) is 2.60. The molecule has 0 saturated heterocycles. The van der Waals surface area contributed by atoms with E-state index in [1.807, 2.05) is 6.92 Å². The molecule has 0 amide bonds. The van der Waals surface area contributed by atoms with Crippen LogP contribution in [0.25, 0.3) is 0 Å². The number of methoxy groups -OCH3 is 1. The summed E-state index contributed by atoms with van der Waals surface area (Å²) in [5.74, 6) is -0.571. The highest BCUT2D eigenvalue weighted by atomic mass is 19.1. The van der Waals surface area contributed by atoms with Crippen LogP contribution in [0.2, 0.25) is 0 Å². The Labute approximate surface area is 107 Å². The summed E-state index contributed by atoms with van der Waals surface area (Å²) in [6.45, 7) is 4.24. The fraction of sp³-hybridized carbons (Fsp3) is 0.357. The lowest BCUT2D eigenvalue weighted by atomic mass is 10.1. The van der Waals surface area contributed by atoms with E-state index in [9.17, 15) is 9.18 Å². The van der Waals surface area contributed by atoms with Gasteiger partial charge in [0.2, 0.25) is 0 Å². The van der Waals surface area contributed by atoms with Gasteiger partial charge in [-0.25, -0.2) is 9.18 Å². The van der Waals surface area contributed by atoms with Crippen LogP contribution in [0.4, 0.5) is 4.39 Å². The van der Waals surface area contributed by atoms with Crippen LogP contribution in [0.5, 0.6) is 0 Å². The van der Waals surface area contributed by atoms with E-state index in [4.69, 9.17) is 0 Å². The van der Waals surface area contributed by atoms with Crippen LogP contribution >= 0.6 is 0 Å². The van der Waals surface area contributed by atoms with Crippen LogP contribution in [0.3, 0.4) is 0 Å². The third-order valence-corrected chi connectivity index (χ3v) is 2.71. The Morgan fingerprint density at radius 2 is 2.06 bits per heavy atom. The third kappa shape index (κ3) is 4.30. The average Bonchev–Trinajstić information content (AvgIpc) is 2.38. The van der Waals surface area contributed by atoms with Gasteiger partial charge in [-0.05, 0) is 31.5 Å². The smallest absolute Gasteiger partial charge is 0.333 e. The number of rotatable bonds is 5. The molecule has 1 aromatic rings. The topological polar surface area (TPSA) is 38.3 Å². The maximum atomic E-state index is 12.8. The molecule has 0 fully saturated rings. The van der Waals surface area contributed by atoms with Gasteiger partial charge in [0.15, 0.2) is 0 Å². The molecule has 3 nitrogen and oxygen atoms in total. The second-order valence-electron chi connectivity index (χ2n) is 4.06. The summed E-state index contributed by atoms with van der Waals surface area (Å²) in [4.78, 5) is 11.1. The monoisotopic (exact) mass is 251 g/mol. The van der Waals surface area contributed by atoms with Gasteiger partial charge in [-0.15, -0.1) is 0 Å². The molecule has 1 N–H and O–H groups in total. The maximum absolute atomic E-state index is 12.8. The Balaban J connectivity index is 2.49. The van der Waals surface area contributed by atoms with Crippen LogP contribution < -0.4 is 5.32 Å². The molecule has 0 aromatic heterocycles. The first-order valence-corrected chi connectivity index (χ1v) is 5.78. The van der Waals surface area contributed by atoms with Crippen LogP contribution in [-0.2, 0) is 9.53 Å². The standard InChI is InChI=1S/C14H18FNO2/c1-10(14(17)18-3)8-9-16-11(2)12-4-6-13(15)7-5-12/h4-8,11,16H,9H2,1-3H3/b10-8+/t11-/m1/s1. The Hall–Kier alpha value is -1.68. The minimum atomic E-state index is -0.328. The largest absolute Gasteiger partial charge is 0.466 e. The second kappa shape index (κ2) is 6.91. The number of ether oxygens (including phenoxy) is 1. The maximum Gasteiger partial charge on any atom is 0.333 e. The first kappa shape index (κ1) is 14.4.